The molecule has 1 heterocycles. The average Bonchev–Trinajstić information content (AvgIpc) is 2.49. The Kier molecular flexibility index (Phi) is 6.76. The van der Waals surface area contributed by atoms with E-state index in [2.05, 4.69) is 15.5 Å². The lowest BCUT2D eigenvalue weighted by molar-refractivity contribution is 0.102. The SMILES string of the molecule is O=C(NC[C@H](O)CN1CCCCC1)Nc1ccc(Cl)cc1Cl. The van der Waals surface area contributed by atoms with Crippen molar-refractivity contribution < 1.29 is 9.90 Å². The molecule has 0 spiro atoms. The first-order chi connectivity index (χ1) is 10.5. The fraction of sp³-hybridized carbons (Fsp3) is 0.533. The van der Waals surface area contributed by atoms with E-state index in [4.69, 9.17) is 23.2 Å². The third-order valence-electron chi connectivity index (χ3n) is 3.60. The van der Waals surface area contributed by atoms with Crippen LogP contribution >= 0.6 is 23.2 Å². The highest BCUT2D eigenvalue weighted by atomic mass is 35.5. The lowest BCUT2D eigenvalue weighted by atomic mass is 10.1. The predicted molar refractivity (Wildman–Crippen MR) is 89.8 cm³/mol. The summed E-state index contributed by atoms with van der Waals surface area (Å²) in [6.07, 6.45) is 3.03. The van der Waals surface area contributed by atoms with Gasteiger partial charge in [-0.15, -0.1) is 0 Å². The number of benzene rings is 1. The Labute approximate surface area is 140 Å². The third kappa shape index (κ3) is 5.65. The number of piperidine rings is 1. The highest BCUT2D eigenvalue weighted by Gasteiger charge is 2.15. The molecular weight excluding hydrogens is 325 g/mol. The number of rotatable bonds is 5. The molecule has 1 aromatic carbocycles. The van der Waals surface area contributed by atoms with Gasteiger partial charge in [-0.2, -0.15) is 0 Å². The van der Waals surface area contributed by atoms with E-state index in [1.807, 2.05) is 0 Å². The molecule has 0 aliphatic carbocycles. The maximum Gasteiger partial charge on any atom is 0.319 e. The molecule has 1 aromatic rings. The molecular formula is C15H21Cl2N3O2. The first kappa shape index (κ1) is 17.3. The number of β-amino-alcohol motifs (C(OH)–C–C–N with tert-alkyl or cyclic N) is 1. The summed E-state index contributed by atoms with van der Waals surface area (Å²) in [4.78, 5) is 14.0. The van der Waals surface area contributed by atoms with Crippen LogP contribution in [0.25, 0.3) is 0 Å². The molecule has 0 bridgehead atoms. The van der Waals surface area contributed by atoms with Gasteiger partial charge in [-0.3, -0.25) is 0 Å². The third-order valence-corrected chi connectivity index (χ3v) is 4.14. The van der Waals surface area contributed by atoms with Crippen LogP contribution in [0, 0.1) is 0 Å². The van der Waals surface area contributed by atoms with Crippen LogP contribution in [0.1, 0.15) is 19.3 Å². The van der Waals surface area contributed by atoms with E-state index in [9.17, 15) is 9.90 Å². The van der Waals surface area contributed by atoms with Gasteiger partial charge in [0.15, 0.2) is 0 Å². The summed E-state index contributed by atoms with van der Waals surface area (Å²) < 4.78 is 0. The van der Waals surface area contributed by atoms with Gasteiger partial charge in [-0.1, -0.05) is 29.6 Å². The van der Waals surface area contributed by atoms with E-state index in [1.165, 1.54) is 19.3 Å². The number of halogens is 2. The second-order valence-electron chi connectivity index (χ2n) is 5.47. The Morgan fingerprint density at radius 2 is 2.00 bits per heavy atom. The minimum absolute atomic E-state index is 0.202. The van der Waals surface area contributed by atoms with Crippen molar-refractivity contribution in [3.8, 4) is 0 Å². The molecule has 0 aromatic heterocycles. The fourth-order valence-electron chi connectivity index (χ4n) is 2.47. The topological polar surface area (TPSA) is 64.6 Å². The molecule has 2 rings (SSSR count). The zero-order chi connectivity index (χ0) is 15.9. The maximum absolute atomic E-state index is 11.8. The predicted octanol–water partition coefficient (Wildman–Crippen LogP) is 2.96. The lowest BCUT2D eigenvalue weighted by Crippen LogP contribution is -2.43. The zero-order valence-electron chi connectivity index (χ0n) is 12.3. The fourth-order valence-corrected chi connectivity index (χ4v) is 2.93. The molecule has 122 valence electrons. The molecule has 3 N–H and O–H groups in total. The minimum Gasteiger partial charge on any atom is -0.390 e. The van der Waals surface area contributed by atoms with Gasteiger partial charge < -0.3 is 20.6 Å². The molecule has 7 heteroatoms. The Hall–Kier alpha value is -1.01. The van der Waals surface area contributed by atoms with Gasteiger partial charge in [-0.25, -0.2) is 4.79 Å². The number of carbonyl (C=O) groups is 1. The number of carbonyl (C=O) groups excluding carboxylic acids is 1. The van der Waals surface area contributed by atoms with Crippen molar-refractivity contribution in [3.63, 3.8) is 0 Å². The van der Waals surface area contributed by atoms with Gasteiger partial charge >= 0.3 is 6.03 Å². The van der Waals surface area contributed by atoms with Gasteiger partial charge in [0.2, 0.25) is 0 Å². The van der Waals surface area contributed by atoms with Crippen molar-refractivity contribution in [2.75, 3.05) is 31.5 Å². The minimum atomic E-state index is -0.579. The molecule has 5 nitrogen and oxygen atoms in total. The number of amides is 2. The molecule has 1 saturated heterocycles. The number of hydrogen-bond acceptors (Lipinski definition) is 3. The molecule has 0 radical (unpaired) electrons. The van der Waals surface area contributed by atoms with Gasteiger partial charge in [0.25, 0.3) is 0 Å². The summed E-state index contributed by atoms with van der Waals surface area (Å²) in [5, 5.41) is 16.1. The first-order valence-electron chi connectivity index (χ1n) is 7.45. The van der Waals surface area contributed by atoms with Crippen molar-refractivity contribution in [2.24, 2.45) is 0 Å². The number of hydrogen-bond donors (Lipinski definition) is 3. The van der Waals surface area contributed by atoms with Crippen LogP contribution in [-0.4, -0.2) is 48.3 Å². The Morgan fingerprint density at radius 1 is 1.27 bits per heavy atom. The van der Waals surface area contributed by atoms with Crippen LogP contribution < -0.4 is 10.6 Å². The van der Waals surface area contributed by atoms with E-state index >= 15 is 0 Å². The quantitative estimate of drug-likeness (QED) is 0.768. The number of urea groups is 1. The van der Waals surface area contributed by atoms with Crippen molar-refractivity contribution in [1.82, 2.24) is 10.2 Å². The van der Waals surface area contributed by atoms with Gasteiger partial charge in [0, 0.05) is 18.1 Å². The smallest absolute Gasteiger partial charge is 0.319 e. The average molecular weight is 346 g/mol. The van der Waals surface area contributed by atoms with Crippen molar-refractivity contribution >= 4 is 34.9 Å². The molecule has 0 unspecified atom stereocenters. The zero-order valence-corrected chi connectivity index (χ0v) is 13.8. The lowest BCUT2D eigenvalue weighted by Gasteiger charge is -2.28. The van der Waals surface area contributed by atoms with Crippen LogP contribution in [0.4, 0.5) is 10.5 Å². The summed E-state index contributed by atoms with van der Waals surface area (Å²) >= 11 is 11.8. The van der Waals surface area contributed by atoms with Crippen LogP contribution in [0.3, 0.4) is 0 Å². The Balaban J connectivity index is 1.72. The second-order valence-corrected chi connectivity index (χ2v) is 6.32. The van der Waals surface area contributed by atoms with E-state index in [-0.39, 0.29) is 6.54 Å². The molecule has 22 heavy (non-hydrogen) atoms. The van der Waals surface area contributed by atoms with Crippen LogP contribution in [0.5, 0.6) is 0 Å². The number of likely N-dealkylation sites (tertiary alicyclic amines) is 1. The van der Waals surface area contributed by atoms with E-state index in [0.29, 0.717) is 22.3 Å². The van der Waals surface area contributed by atoms with Crippen LogP contribution in [-0.2, 0) is 0 Å². The molecule has 1 fully saturated rings. The summed E-state index contributed by atoms with van der Waals surface area (Å²) in [5.74, 6) is 0. The van der Waals surface area contributed by atoms with E-state index in [1.54, 1.807) is 18.2 Å². The monoisotopic (exact) mass is 345 g/mol. The maximum atomic E-state index is 11.8. The first-order valence-corrected chi connectivity index (χ1v) is 8.20. The summed E-state index contributed by atoms with van der Waals surface area (Å²) in [5.41, 5.74) is 0.481. The van der Waals surface area contributed by atoms with E-state index < -0.39 is 12.1 Å². The molecule has 2 amide bonds. The molecule has 1 aliphatic heterocycles. The summed E-state index contributed by atoms with van der Waals surface area (Å²) in [6, 6.07) is 4.44. The van der Waals surface area contributed by atoms with Crippen molar-refractivity contribution in [3.05, 3.63) is 28.2 Å². The van der Waals surface area contributed by atoms with Gasteiger partial charge in [-0.05, 0) is 44.1 Å². The molecule has 0 saturated carbocycles. The summed E-state index contributed by atoms with van der Waals surface area (Å²) in [6.45, 7) is 2.82. The van der Waals surface area contributed by atoms with Crippen molar-refractivity contribution in [2.45, 2.75) is 25.4 Å². The van der Waals surface area contributed by atoms with E-state index in [0.717, 1.165) is 13.1 Å². The molecule has 1 atom stereocenters. The number of aliphatic hydroxyl groups is 1. The van der Waals surface area contributed by atoms with Crippen molar-refractivity contribution in [1.29, 1.82) is 0 Å². The number of nitrogens with one attached hydrogen (secondary N) is 2. The van der Waals surface area contributed by atoms with Gasteiger partial charge in [0.1, 0.15) is 0 Å². The highest BCUT2D eigenvalue weighted by molar-refractivity contribution is 6.36. The van der Waals surface area contributed by atoms with Gasteiger partial charge in [0.05, 0.1) is 16.8 Å². The van der Waals surface area contributed by atoms with Crippen LogP contribution in [0.15, 0.2) is 18.2 Å². The number of nitrogens with zero attached hydrogens (tertiary/aromatic N) is 1. The Bertz CT molecular complexity index is 508. The number of aliphatic hydroxyl groups excluding tert-OH is 1. The second kappa shape index (κ2) is 8.58. The highest BCUT2D eigenvalue weighted by Crippen LogP contribution is 2.25. The largest absolute Gasteiger partial charge is 0.390 e. The molecule has 1 aliphatic rings. The standard InChI is InChI=1S/C15H21Cl2N3O2/c16-11-4-5-14(13(17)8-11)19-15(22)18-9-12(21)10-20-6-2-1-3-7-20/h4-5,8,12,21H,1-3,6-7,9-10H2,(H2,18,19,22)/t12-/m0/s1. The number of anilines is 1. The Morgan fingerprint density at radius 3 is 2.68 bits per heavy atom. The normalized spacial score (nSPS) is 17.0. The summed E-state index contributed by atoms with van der Waals surface area (Å²) in [7, 11) is 0. The van der Waals surface area contributed by atoms with Crippen LogP contribution in [0.2, 0.25) is 10.0 Å².